The van der Waals surface area contributed by atoms with Crippen LogP contribution >= 0.6 is 11.3 Å². The number of carboxylic acids is 1. The van der Waals surface area contributed by atoms with Crippen LogP contribution in [0.3, 0.4) is 0 Å². The molecule has 7 heteroatoms. The minimum Gasteiger partial charge on any atom is -0.550 e. The first-order valence-corrected chi connectivity index (χ1v) is 7.84. The third kappa shape index (κ3) is 5.25. The number of carbonyl (C=O) groups excluding carboxylic acids is 2. The number of benzene rings is 1. The maximum atomic E-state index is 11.7. The minimum absolute atomic E-state index is 0.0397. The molecule has 2 rings (SSSR count). The van der Waals surface area contributed by atoms with E-state index in [-0.39, 0.29) is 18.2 Å². The fourth-order valence-electron chi connectivity index (χ4n) is 2.23. The Bertz CT molecular complexity index is 602. The van der Waals surface area contributed by atoms with Gasteiger partial charge in [-0.1, -0.05) is 41.7 Å². The Kier molecular flexibility index (Phi) is 6.02. The zero-order valence-corrected chi connectivity index (χ0v) is 12.7. The number of rotatable bonds is 8. The molecule has 0 fully saturated rings. The molecule has 1 atom stereocenters. The van der Waals surface area contributed by atoms with E-state index in [4.69, 9.17) is 0 Å². The SMILES string of the molecule is O=C([O-])C[C@@H](CCCC(=O)Nc1nncs1)c1ccccc1. The molecule has 1 N–H and O–H groups in total. The highest BCUT2D eigenvalue weighted by atomic mass is 32.1. The Balaban J connectivity index is 1.83. The van der Waals surface area contributed by atoms with Gasteiger partial charge in [0.25, 0.3) is 0 Å². The fourth-order valence-corrected chi connectivity index (χ4v) is 2.69. The number of aromatic nitrogens is 2. The summed E-state index contributed by atoms with van der Waals surface area (Å²) >= 11 is 1.26. The van der Waals surface area contributed by atoms with E-state index >= 15 is 0 Å². The molecule has 0 aliphatic heterocycles. The second kappa shape index (κ2) is 8.23. The predicted molar refractivity (Wildman–Crippen MR) is 81.2 cm³/mol. The zero-order valence-electron chi connectivity index (χ0n) is 11.9. The first-order valence-electron chi connectivity index (χ1n) is 6.96. The van der Waals surface area contributed by atoms with Crippen LogP contribution in [-0.4, -0.2) is 22.1 Å². The molecule has 0 radical (unpaired) electrons. The maximum absolute atomic E-state index is 11.7. The van der Waals surface area contributed by atoms with Gasteiger partial charge in [0.2, 0.25) is 11.0 Å². The zero-order chi connectivity index (χ0) is 15.8. The van der Waals surface area contributed by atoms with E-state index in [0.717, 1.165) is 5.56 Å². The van der Waals surface area contributed by atoms with Crippen molar-refractivity contribution in [2.75, 3.05) is 5.32 Å². The van der Waals surface area contributed by atoms with Gasteiger partial charge in [-0.05, 0) is 30.7 Å². The summed E-state index contributed by atoms with van der Waals surface area (Å²) in [6.07, 6.45) is 1.48. The lowest BCUT2D eigenvalue weighted by atomic mass is 9.90. The summed E-state index contributed by atoms with van der Waals surface area (Å²) in [5.74, 6) is -1.36. The topological polar surface area (TPSA) is 95.0 Å². The molecule has 0 saturated carbocycles. The van der Waals surface area contributed by atoms with Gasteiger partial charge in [-0.2, -0.15) is 0 Å². The average Bonchev–Trinajstić information content (AvgIpc) is 2.99. The van der Waals surface area contributed by atoms with Crippen LogP contribution in [0.5, 0.6) is 0 Å². The molecule has 0 aliphatic carbocycles. The smallest absolute Gasteiger partial charge is 0.226 e. The summed E-state index contributed by atoms with van der Waals surface area (Å²) in [4.78, 5) is 22.6. The number of carboxylic acid groups (broad SMARTS) is 1. The van der Waals surface area contributed by atoms with Gasteiger partial charge in [-0.3, -0.25) is 4.79 Å². The highest BCUT2D eigenvalue weighted by Crippen LogP contribution is 2.25. The second-order valence-electron chi connectivity index (χ2n) is 4.87. The molecule has 1 aromatic heterocycles. The first-order chi connectivity index (χ1) is 10.6. The first kappa shape index (κ1) is 16.1. The van der Waals surface area contributed by atoms with E-state index in [1.165, 1.54) is 11.3 Å². The van der Waals surface area contributed by atoms with Crippen LogP contribution in [0, 0.1) is 0 Å². The van der Waals surface area contributed by atoms with Crippen molar-refractivity contribution >= 4 is 28.3 Å². The molecule has 0 bridgehead atoms. The average molecular weight is 318 g/mol. The van der Waals surface area contributed by atoms with Crippen LogP contribution in [0.2, 0.25) is 0 Å². The molecule has 116 valence electrons. The van der Waals surface area contributed by atoms with E-state index in [9.17, 15) is 14.7 Å². The van der Waals surface area contributed by atoms with Gasteiger partial charge in [0.15, 0.2) is 0 Å². The summed E-state index contributed by atoms with van der Waals surface area (Å²) in [6.45, 7) is 0. The molecule has 1 amide bonds. The highest BCUT2D eigenvalue weighted by molar-refractivity contribution is 7.13. The number of amides is 1. The number of nitrogens with zero attached hydrogens (tertiary/aromatic N) is 2. The lowest BCUT2D eigenvalue weighted by molar-refractivity contribution is -0.306. The standard InChI is InChI=1S/C15H17N3O3S/c19-13(17-15-18-16-10-22-15)8-4-7-12(9-14(20)21)11-5-2-1-3-6-11/h1-3,5-6,10,12H,4,7-9H2,(H,20,21)(H,17,18,19)/p-1/t12-/m1/s1. The second-order valence-corrected chi connectivity index (χ2v) is 5.70. The quantitative estimate of drug-likeness (QED) is 0.797. The summed E-state index contributed by atoms with van der Waals surface area (Å²) in [5.41, 5.74) is 2.50. The Hall–Kier alpha value is -2.28. The molecule has 22 heavy (non-hydrogen) atoms. The number of hydrogen-bond acceptors (Lipinski definition) is 6. The van der Waals surface area contributed by atoms with E-state index < -0.39 is 5.97 Å². The van der Waals surface area contributed by atoms with Crippen molar-refractivity contribution in [2.45, 2.75) is 31.6 Å². The predicted octanol–water partition coefficient (Wildman–Crippen LogP) is 1.57. The largest absolute Gasteiger partial charge is 0.550 e. The fraction of sp³-hybridized carbons (Fsp3) is 0.333. The van der Waals surface area contributed by atoms with Gasteiger partial charge >= 0.3 is 0 Å². The summed E-state index contributed by atoms with van der Waals surface area (Å²) in [5, 5.41) is 21.4. The highest BCUT2D eigenvalue weighted by Gasteiger charge is 2.13. The van der Waals surface area contributed by atoms with Crippen LogP contribution in [0.25, 0.3) is 0 Å². The van der Waals surface area contributed by atoms with Crippen LogP contribution in [-0.2, 0) is 9.59 Å². The molecule has 0 spiro atoms. The summed E-state index contributed by atoms with van der Waals surface area (Å²) in [7, 11) is 0. The number of aliphatic carboxylic acids is 1. The number of nitrogens with one attached hydrogen (secondary N) is 1. The molecule has 1 heterocycles. The van der Waals surface area contributed by atoms with Crippen molar-refractivity contribution < 1.29 is 14.7 Å². The van der Waals surface area contributed by atoms with Crippen molar-refractivity contribution in [1.82, 2.24) is 10.2 Å². The Morgan fingerprint density at radius 1 is 1.27 bits per heavy atom. The lowest BCUT2D eigenvalue weighted by Crippen LogP contribution is -2.24. The third-order valence-electron chi connectivity index (χ3n) is 3.25. The molecular formula is C15H16N3O3S-. The monoisotopic (exact) mass is 318 g/mol. The van der Waals surface area contributed by atoms with Gasteiger partial charge in [-0.15, -0.1) is 10.2 Å². The molecule has 0 saturated heterocycles. The van der Waals surface area contributed by atoms with Crippen LogP contribution in [0.15, 0.2) is 35.8 Å². The molecule has 0 aliphatic rings. The van der Waals surface area contributed by atoms with Crippen molar-refractivity contribution in [1.29, 1.82) is 0 Å². The molecule has 1 aromatic carbocycles. The van der Waals surface area contributed by atoms with E-state index in [1.807, 2.05) is 30.3 Å². The number of hydrogen-bond donors (Lipinski definition) is 1. The van der Waals surface area contributed by atoms with E-state index in [2.05, 4.69) is 15.5 Å². The van der Waals surface area contributed by atoms with Crippen molar-refractivity contribution in [3.63, 3.8) is 0 Å². The van der Waals surface area contributed by atoms with E-state index in [1.54, 1.807) is 5.51 Å². The Labute approximate surface area is 132 Å². The molecule has 6 nitrogen and oxygen atoms in total. The molecule has 2 aromatic rings. The van der Waals surface area contributed by atoms with Crippen LogP contribution in [0.1, 0.15) is 37.2 Å². The van der Waals surface area contributed by atoms with Crippen molar-refractivity contribution in [3.8, 4) is 0 Å². The third-order valence-corrected chi connectivity index (χ3v) is 3.85. The minimum atomic E-state index is -1.08. The van der Waals surface area contributed by atoms with E-state index in [0.29, 0.717) is 24.4 Å². The normalized spacial score (nSPS) is 11.8. The summed E-state index contributed by atoms with van der Waals surface area (Å²) < 4.78 is 0. The van der Waals surface area contributed by atoms with Gasteiger partial charge < -0.3 is 15.2 Å². The molecule has 0 unspecified atom stereocenters. The van der Waals surface area contributed by atoms with Crippen LogP contribution in [0.4, 0.5) is 5.13 Å². The summed E-state index contributed by atoms with van der Waals surface area (Å²) in [6, 6.07) is 9.43. The Morgan fingerprint density at radius 2 is 2.05 bits per heavy atom. The van der Waals surface area contributed by atoms with Crippen molar-refractivity contribution in [3.05, 3.63) is 41.4 Å². The Morgan fingerprint density at radius 3 is 2.68 bits per heavy atom. The maximum Gasteiger partial charge on any atom is 0.226 e. The van der Waals surface area contributed by atoms with Gasteiger partial charge in [0, 0.05) is 12.4 Å². The van der Waals surface area contributed by atoms with Gasteiger partial charge in [0.1, 0.15) is 5.51 Å². The van der Waals surface area contributed by atoms with Crippen molar-refractivity contribution in [2.24, 2.45) is 0 Å². The molecular weight excluding hydrogens is 302 g/mol. The van der Waals surface area contributed by atoms with Gasteiger partial charge in [-0.25, -0.2) is 0 Å². The lowest BCUT2D eigenvalue weighted by Gasteiger charge is -2.17. The number of anilines is 1. The van der Waals surface area contributed by atoms with Crippen LogP contribution < -0.4 is 10.4 Å². The number of carbonyl (C=O) groups is 2. The van der Waals surface area contributed by atoms with Gasteiger partial charge in [0.05, 0.1) is 0 Å².